The number of anilines is 1. The summed E-state index contributed by atoms with van der Waals surface area (Å²) in [5.41, 5.74) is 3.31. The summed E-state index contributed by atoms with van der Waals surface area (Å²) in [5, 5.41) is 4.19. The Bertz CT molecular complexity index is 593. The summed E-state index contributed by atoms with van der Waals surface area (Å²) in [6.07, 6.45) is 0.192. The minimum atomic E-state index is 0.179. The summed E-state index contributed by atoms with van der Waals surface area (Å²) < 4.78 is 5.66. The maximum Gasteiger partial charge on any atom is 0.119 e. The molecule has 3 heteroatoms. The third kappa shape index (κ3) is 4.40. The molecule has 0 aliphatic rings. The molecule has 1 unspecified atom stereocenters. The van der Waals surface area contributed by atoms with Crippen LogP contribution in [-0.4, -0.2) is 6.10 Å². The fourth-order valence-corrected chi connectivity index (χ4v) is 2.45. The average molecular weight is 304 g/mol. The highest BCUT2D eigenvalue weighted by Gasteiger charge is 2.08. The van der Waals surface area contributed by atoms with Crippen molar-refractivity contribution in [3.05, 3.63) is 58.6 Å². The second kappa shape index (κ2) is 6.86. The van der Waals surface area contributed by atoms with Gasteiger partial charge in [0.05, 0.1) is 16.8 Å². The van der Waals surface area contributed by atoms with E-state index in [1.54, 1.807) is 0 Å². The van der Waals surface area contributed by atoms with Gasteiger partial charge in [0.1, 0.15) is 5.75 Å². The van der Waals surface area contributed by atoms with Crippen LogP contribution in [-0.2, 0) is 0 Å². The van der Waals surface area contributed by atoms with E-state index in [0.29, 0.717) is 0 Å². The van der Waals surface area contributed by atoms with Gasteiger partial charge in [-0.1, -0.05) is 29.8 Å². The van der Waals surface area contributed by atoms with Crippen LogP contribution in [0.15, 0.2) is 42.5 Å². The number of nitrogens with one attached hydrogen (secondary N) is 1. The van der Waals surface area contributed by atoms with Crippen LogP contribution in [0.4, 0.5) is 5.69 Å². The van der Waals surface area contributed by atoms with Crippen molar-refractivity contribution in [1.29, 1.82) is 0 Å². The Hall–Kier alpha value is -1.67. The summed E-state index contributed by atoms with van der Waals surface area (Å²) >= 11 is 6.26. The SMILES string of the molecule is Cc1ccc(NC(C)c2ccc(OC(C)C)cc2)c(Cl)c1. The van der Waals surface area contributed by atoms with Crippen LogP contribution in [0.5, 0.6) is 5.75 Å². The molecule has 2 aromatic rings. The van der Waals surface area contributed by atoms with E-state index in [9.17, 15) is 0 Å². The summed E-state index contributed by atoms with van der Waals surface area (Å²) in [4.78, 5) is 0. The number of hydrogen-bond acceptors (Lipinski definition) is 2. The molecule has 1 atom stereocenters. The normalized spacial score (nSPS) is 12.3. The van der Waals surface area contributed by atoms with Crippen LogP contribution in [0.2, 0.25) is 5.02 Å². The topological polar surface area (TPSA) is 21.3 Å². The lowest BCUT2D eigenvalue weighted by Crippen LogP contribution is -2.08. The predicted octanol–water partition coefficient (Wildman–Crippen LogP) is 5.61. The second-order valence-electron chi connectivity index (χ2n) is 5.58. The summed E-state index contributed by atoms with van der Waals surface area (Å²) in [5.74, 6) is 0.898. The lowest BCUT2D eigenvalue weighted by Gasteiger charge is -2.18. The number of aryl methyl sites for hydroxylation is 1. The molecule has 2 rings (SSSR count). The zero-order chi connectivity index (χ0) is 15.4. The van der Waals surface area contributed by atoms with Crippen molar-refractivity contribution >= 4 is 17.3 Å². The molecule has 1 N–H and O–H groups in total. The molecule has 0 radical (unpaired) electrons. The largest absolute Gasteiger partial charge is 0.491 e. The van der Waals surface area contributed by atoms with Gasteiger partial charge in [0.2, 0.25) is 0 Å². The Morgan fingerprint density at radius 3 is 2.24 bits per heavy atom. The third-order valence-corrected chi connectivity index (χ3v) is 3.56. The van der Waals surface area contributed by atoms with Gasteiger partial charge in [0.15, 0.2) is 0 Å². The van der Waals surface area contributed by atoms with Crippen molar-refractivity contribution in [3.8, 4) is 5.75 Å². The fourth-order valence-electron chi connectivity index (χ4n) is 2.16. The summed E-state index contributed by atoms with van der Waals surface area (Å²) in [7, 11) is 0. The van der Waals surface area contributed by atoms with Gasteiger partial charge in [-0.05, 0) is 63.1 Å². The zero-order valence-electron chi connectivity index (χ0n) is 13.0. The van der Waals surface area contributed by atoms with Gasteiger partial charge >= 0.3 is 0 Å². The van der Waals surface area contributed by atoms with Gasteiger partial charge in [-0.3, -0.25) is 0 Å². The third-order valence-electron chi connectivity index (χ3n) is 3.25. The monoisotopic (exact) mass is 303 g/mol. The van der Waals surface area contributed by atoms with Crippen LogP contribution in [0.1, 0.15) is 37.9 Å². The maximum absolute atomic E-state index is 6.26. The van der Waals surface area contributed by atoms with E-state index < -0.39 is 0 Å². The fraction of sp³-hybridized carbons (Fsp3) is 0.333. The van der Waals surface area contributed by atoms with E-state index >= 15 is 0 Å². The Labute approximate surface area is 132 Å². The van der Waals surface area contributed by atoms with E-state index in [1.165, 1.54) is 5.56 Å². The highest BCUT2D eigenvalue weighted by atomic mass is 35.5. The van der Waals surface area contributed by atoms with Crippen molar-refractivity contribution in [1.82, 2.24) is 0 Å². The molecule has 0 fully saturated rings. The Kier molecular flexibility index (Phi) is 5.13. The second-order valence-corrected chi connectivity index (χ2v) is 5.99. The molecule has 0 aliphatic carbocycles. The number of ether oxygens (including phenoxy) is 1. The number of benzene rings is 2. The van der Waals surface area contributed by atoms with Gasteiger partial charge in [-0.2, -0.15) is 0 Å². The molecule has 0 saturated heterocycles. The molecule has 0 amide bonds. The molecular weight excluding hydrogens is 282 g/mol. The maximum atomic E-state index is 6.26. The van der Waals surface area contributed by atoms with Crippen molar-refractivity contribution < 1.29 is 4.74 Å². The van der Waals surface area contributed by atoms with Crippen LogP contribution < -0.4 is 10.1 Å². The van der Waals surface area contributed by atoms with Crippen LogP contribution >= 0.6 is 11.6 Å². The van der Waals surface area contributed by atoms with Crippen molar-refractivity contribution in [2.75, 3.05) is 5.32 Å². The van der Waals surface area contributed by atoms with Crippen LogP contribution in [0.25, 0.3) is 0 Å². The highest BCUT2D eigenvalue weighted by molar-refractivity contribution is 6.33. The molecule has 0 spiro atoms. The highest BCUT2D eigenvalue weighted by Crippen LogP contribution is 2.27. The molecule has 112 valence electrons. The first-order chi connectivity index (χ1) is 9.95. The van der Waals surface area contributed by atoms with Gasteiger partial charge in [0.25, 0.3) is 0 Å². The molecule has 0 aliphatic heterocycles. The molecular formula is C18H22ClNO. The number of halogens is 1. The zero-order valence-corrected chi connectivity index (χ0v) is 13.7. The van der Waals surface area contributed by atoms with Crippen LogP contribution in [0.3, 0.4) is 0 Å². The minimum absolute atomic E-state index is 0.179. The lowest BCUT2D eigenvalue weighted by atomic mass is 10.1. The first kappa shape index (κ1) is 15.7. The van der Waals surface area contributed by atoms with Crippen molar-refractivity contribution in [2.24, 2.45) is 0 Å². The van der Waals surface area contributed by atoms with E-state index in [1.807, 2.05) is 45.0 Å². The van der Waals surface area contributed by atoms with Crippen molar-refractivity contribution in [3.63, 3.8) is 0 Å². The predicted molar refractivity (Wildman–Crippen MR) is 90.4 cm³/mol. The quantitative estimate of drug-likeness (QED) is 0.775. The molecule has 0 aromatic heterocycles. The molecule has 21 heavy (non-hydrogen) atoms. The Balaban J connectivity index is 2.07. The van der Waals surface area contributed by atoms with E-state index in [4.69, 9.17) is 16.3 Å². The van der Waals surface area contributed by atoms with E-state index in [0.717, 1.165) is 22.0 Å². The first-order valence-corrected chi connectivity index (χ1v) is 7.63. The Morgan fingerprint density at radius 1 is 1.00 bits per heavy atom. The first-order valence-electron chi connectivity index (χ1n) is 7.25. The van der Waals surface area contributed by atoms with E-state index in [2.05, 4.69) is 30.4 Å². The standard InChI is InChI=1S/C18H22ClNO/c1-12(2)21-16-8-6-15(7-9-16)14(4)20-18-10-5-13(3)11-17(18)19/h5-12,14,20H,1-4H3. The molecule has 0 bridgehead atoms. The molecule has 0 heterocycles. The van der Waals surface area contributed by atoms with E-state index in [-0.39, 0.29) is 12.1 Å². The van der Waals surface area contributed by atoms with Gasteiger partial charge in [0, 0.05) is 6.04 Å². The minimum Gasteiger partial charge on any atom is -0.491 e. The smallest absolute Gasteiger partial charge is 0.119 e. The Morgan fingerprint density at radius 2 is 1.67 bits per heavy atom. The number of rotatable bonds is 5. The average Bonchev–Trinajstić information content (AvgIpc) is 2.42. The lowest BCUT2D eigenvalue weighted by molar-refractivity contribution is 0.242. The van der Waals surface area contributed by atoms with Gasteiger partial charge in [-0.25, -0.2) is 0 Å². The van der Waals surface area contributed by atoms with Gasteiger partial charge < -0.3 is 10.1 Å². The van der Waals surface area contributed by atoms with Crippen LogP contribution in [0, 0.1) is 6.92 Å². The molecule has 0 saturated carbocycles. The molecule has 2 aromatic carbocycles. The number of hydrogen-bond donors (Lipinski definition) is 1. The molecule has 2 nitrogen and oxygen atoms in total. The summed E-state index contributed by atoms with van der Waals surface area (Å²) in [6.45, 7) is 8.20. The van der Waals surface area contributed by atoms with Gasteiger partial charge in [-0.15, -0.1) is 0 Å². The van der Waals surface area contributed by atoms with Crippen molar-refractivity contribution in [2.45, 2.75) is 39.8 Å². The summed E-state index contributed by atoms with van der Waals surface area (Å²) in [6, 6.07) is 14.4.